The number of carbonyl (C=O) groups excluding carboxylic acids is 1. The Morgan fingerprint density at radius 1 is 1.12 bits per heavy atom. The van der Waals surface area contributed by atoms with Gasteiger partial charge in [0.25, 0.3) is 0 Å². The fraction of sp³-hybridized carbons (Fsp3) is 0.421. The standard InChI is InChI=1S/C19H24N2O4S/c1-14-11-21(12-15(2)25-14)19(22)13-20(3)26(23,24)18-9-8-16-6-4-5-7-17(16)10-18/h4-10,14-15H,11-13H2,1-3H3/t14-,15-/m0/s1. The zero-order valence-corrected chi connectivity index (χ0v) is 16.1. The topological polar surface area (TPSA) is 66.9 Å². The van der Waals surface area contributed by atoms with Gasteiger partial charge in [-0.15, -0.1) is 0 Å². The molecule has 2 atom stereocenters. The Hall–Kier alpha value is -1.96. The number of hydrogen-bond donors (Lipinski definition) is 0. The third kappa shape index (κ3) is 3.90. The van der Waals surface area contributed by atoms with Crippen molar-refractivity contribution < 1.29 is 17.9 Å². The molecule has 1 heterocycles. The highest BCUT2D eigenvalue weighted by molar-refractivity contribution is 7.89. The van der Waals surface area contributed by atoms with Gasteiger partial charge < -0.3 is 9.64 Å². The Kier molecular flexibility index (Phi) is 5.32. The van der Waals surface area contributed by atoms with Gasteiger partial charge in [0.1, 0.15) is 0 Å². The first kappa shape index (κ1) is 18.8. The van der Waals surface area contributed by atoms with Gasteiger partial charge in [0.05, 0.1) is 23.6 Å². The van der Waals surface area contributed by atoms with Crippen LogP contribution < -0.4 is 0 Å². The van der Waals surface area contributed by atoms with Crippen molar-refractivity contribution in [3.8, 4) is 0 Å². The van der Waals surface area contributed by atoms with Gasteiger partial charge in [0, 0.05) is 20.1 Å². The molecule has 140 valence electrons. The molecule has 0 unspecified atom stereocenters. The molecule has 0 bridgehead atoms. The Bertz CT molecular complexity index is 903. The molecule has 0 radical (unpaired) electrons. The van der Waals surface area contributed by atoms with Gasteiger partial charge in [-0.2, -0.15) is 4.31 Å². The first-order valence-corrected chi connectivity index (χ1v) is 10.1. The third-order valence-electron chi connectivity index (χ3n) is 4.56. The van der Waals surface area contributed by atoms with E-state index >= 15 is 0 Å². The summed E-state index contributed by atoms with van der Waals surface area (Å²) in [4.78, 5) is 14.4. The lowest BCUT2D eigenvalue weighted by Gasteiger charge is -2.36. The van der Waals surface area contributed by atoms with Crippen LogP contribution in [-0.2, 0) is 19.6 Å². The van der Waals surface area contributed by atoms with Gasteiger partial charge in [0.2, 0.25) is 15.9 Å². The van der Waals surface area contributed by atoms with Crippen LogP contribution in [0.5, 0.6) is 0 Å². The van der Waals surface area contributed by atoms with Crippen molar-refractivity contribution in [1.29, 1.82) is 0 Å². The number of benzene rings is 2. The second-order valence-corrected chi connectivity index (χ2v) is 8.87. The van der Waals surface area contributed by atoms with E-state index in [0.29, 0.717) is 13.1 Å². The predicted molar refractivity (Wildman–Crippen MR) is 100 cm³/mol. The highest BCUT2D eigenvalue weighted by Crippen LogP contribution is 2.21. The third-order valence-corrected chi connectivity index (χ3v) is 6.36. The molecule has 3 rings (SSSR count). The molecule has 2 aromatic rings. The maximum Gasteiger partial charge on any atom is 0.243 e. The first-order chi connectivity index (χ1) is 12.3. The van der Waals surface area contributed by atoms with Gasteiger partial charge in [0.15, 0.2) is 0 Å². The summed E-state index contributed by atoms with van der Waals surface area (Å²) in [6.45, 7) is 4.59. The Labute approximate surface area is 154 Å². The molecule has 0 spiro atoms. The van der Waals surface area contributed by atoms with E-state index in [1.165, 1.54) is 7.05 Å². The summed E-state index contributed by atoms with van der Waals surface area (Å²) >= 11 is 0. The number of ether oxygens (including phenoxy) is 1. The average molecular weight is 376 g/mol. The zero-order chi connectivity index (χ0) is 18.9. The second-order valence-electron chi connectivity index (χ2n) is 6.83. The molecule has 2 aromatic carbocycles. The summed E-state index contributed by atoms with van der Waals surface area (Å²) in [5.74, 6) is -0.209. The van der Waals surface area contributed by atoms with E-state index < -0.39 is 10.0 Å². The number of hydrogen-bond acceptors (Lipinski definition) is 4. The first-order valence-electron chi connectivity index (χ1n) is 8.66. The predicted octanol–water partition coefficient (Wildman–Crippen LogP) is 2.10. The number of carbonyl (C=O) groups is 1. The lowest BCUT2D eigenvalue weighted by atomic mass is 10.1. The summed E-state index contributed by atoms with van der Waals surface area (Å²) < 4.78 is 32.4. The zero-order valence-electron chi connectivity index (χ0n) is 15.3. The molecule has 0 aliphatic carbocycles. The molecule has 7 heteroatoms. The fourth-order valence-corrected chi connectivity index (χ4v) is 4.42. The van der Waals surface area contributed by atoms with Crippen LogP contribution in [0.1, 0.15) is 13.8 Å². The molecule has 6 nitrogen and oxygen atoms in total. The van der Waals surface area contributed by atoms with E-state index in [1.807, 2.05) is 38.1 Å². The molecule has 1 aliphatic heterocycles. The lowest BCUT2D eigenvalue weighted by molar-refractivity contribution is -0.143. The molecule has 1 saturated heterocycles. The molecule has 1 aliphatic rings. The van der Waals surface area contributed by atoms with Crippen LogP contribution in [-0.4, -0.2) is 62.4 Å². The van der Waals surface area contributed by atoms with Gasteiger partial charge in [-0.25, -0.2) is 8.42 Å². The van der Waals surface area contributed by atoms with Crippen molar-refractivity contribution in [3.63, 3.8) is 0 Å². The van der Waals surface area contributed by atoms with E-state index in [4.69, 9.17) is 4.74 Å². The molecule has 1 fully saturated rings. The van der Waals surface area contributed by atoms with Crippen LogP contribution in [0.15, 0.2) is 47.4 Å². The minimum absolute atomic E-state index is 0.0508. The number of fused-ring (bicyclic) bond motifs is 1. The molecular formula is C19H24N2O4S. The van der Waals surface area contributed by atoms with Crippen molar-refractivity contribution in [3.05, 3.63) is 42.5 Å². The van der Waals surface area contributed by atoms with Crippen molar-refractivity contribution in [2.45, 2.75) is 31.0 Å². The molecule has 1 amide bonds. The molecular weight excluding hydrogens is 352 g/mol. The maximum atomic E-state index is 12.9. The van der Waals surface area contributed by atoms with E-state index in [1.54, 1.807) is 23.1 Å². The largest absolute Gasteiger partial charge is 0.372 e. The number of sulfonamides is 1. The van der Waals surface area contributed by atoms with Gasteiger partial charge in [-0.3, -0.25) is 4.79 Å². The molecule has 0 aromatic heterocycles. The number of morpholine rings is 1. The molecule has 26 heavy (non-hydrogen) atoms. The monoisotopic (exact) mass is 376 g/mol. The number of likely N-dealkylation sites (N-methyl/N-ethyl adjacent to an activating group) is 1. The van der Waals surface area contributed by atoms with Gasteiger partial charge in [-0.05, 0) is 36.8 Å². The summed E-state index contributed by atoms with van der Waals surface area (Å²) in [5, 5.41) is 1.82. The summed E-state index contributed by atoms with van der Waals surface area (Å²) in [6.07, 6.45) is -0.102. The smallest absolute Gasteiger partial charge is 0.243 e. The Morgan fingerprint density at radius 2 is 1.73 bits per heavy atom. The number of amides is 1. The van der Waals surface area contributed by atoms with E-state index in [-0.39, 0.29) is 29.6 Å². The van der Waals surface area contributed by atoms with Crippen LogP contribution in [0.2, 0.25) is 0 Å². The van der Waals surface area contributed by atoms with Crippen LogP contribution in [0.3, 0.4) is 0 Å². The van der Waals surface area contributed by atoms with E-state index in [0.717, 1.165) is 15.1 Å². The fourth-order valence-electron chi connectivity index (χ4n) is 3.26. The SMILES string of the molecule is C[C@H]1CN(C(=O)CN(C)S(=O)(=O)c2ccc3ccccc3c2)C[C@H](C)O1. The lowest BCUT2D eigenvalue weighted by Crippen LogP contribution is -2.51. The minimum Gasteiger partial charge on any atom is -0.372 e. The second kappa shape index (κ2) is 7.34. The number of nitrogens with zero attached hydrogens (tertiary/aromatic N) is 2. The van der Waals surface area contributed by atoms with Crippen molar-refractivity contribution >= 4 is 26.7 Å². The molecule has 0 N–H and O–H groups in total. The van der Waals surface area contributed by atoms with Crippen LogP contribution >= 0.6 is 0 Å². The van der Waals surface area contributed by atoms with E-state index in [2.05, 4.69) is 0 Å². The number of rotatable bonds is 4. The minimum atomic E-state index is -3.74. The van der Waals surface area contributed by atoms with Crippen LogP contribution in [0, 0.1) is 0 Å². The van der Waals surface area contributed by atoms with Crippen molar-refractivity contribution in [1.82, 2.24) is 9.21 Å². The summed E-state index contributed by atoms with van der Waals surface area (Å²) in [5.41, 5.74) is 0. The Morgan fingerprint density at radius 3 is 2.38 bits per heavy atom. The summed E-state index contributed by atoms with van der Waals surface area (Å²) in [6, 6.07) is 12.6. The average Bonchev–Trinajstić information content (AvgIpc) is 2.60. The molecule has 0 saturated carbocycles. The van der Waals surface area contributed by atoms with Gasteiger partial charge in [-0.1, -0.05) is 30.3 Å². The van der Waals surface area contributed by atoms with Gasteiger partial charge >= 0.3 is 0 Å². The van der Waals surface area contributed by atoms with Crippen molar-refractivity contribution in [2.24, 2.45) is 0 Å². The van der Waals surface area contributed by atoms with Crippen LogP contribution in [0.25, 0.3) is 10.8 Å². The maximum absolute atomic E-state index is 12.9. The quantitative estimate of drug-likeness (QED) is 0.820. The highest BCUT2D eigenvalue weighted by atomic mass is 32.2. The van der Waals surface area contributed by atoms with E-state index in [9.17, 15) is 13.2 Å². The highest BCUT2D eigenvalue weighted by Gasteiger charge is 2.29. The Balaban J connectivity index is 1.76. The van der Waals surface area contributed by atoms with Crippen LogP contribution in [0.4, 0.5) is 0 Å². The normalized spacial score (nSPS) is 21.3. The van der Waals surface area contributed by atoms with Crippen molar-refractivity contribution in [2.75, 3.05) is 26.7 Å². The summed E-state index contributed by atoms with van der Waals surface area (Å²) in [7, 11) is -2.30.